The molecule has 0 atom stereocenters. The number of hydrogen-bond donors (Lipinski definition) is 0. The Hall–Kier alpha value is -1.54. The van der Waals surface area contributed by atoms with Gasteiger partial charge in [0.15, 0.2) is 5.78 Å². The van der Waals surface area contributed by atoms with Gasteiger partial charge in [0.25, 0.3) is 0 Å². The summed E-state index contributed by atoms with van der Waals surface area (Å²) in [4.78, 5) is 24.8. The summed E-state index contributed by atoms with van der Waals surface area (Å²) in [7, 11) is 0. The number of unbranched alkanes of at least 4 members (excludes halogenated alkanes) is 1. The lowest BCUT2D eigenvalue weighted by Crippen LogP contribution is -2.00. The zero-order valence-corrected chi connectivity index (χ0v) is 8.61. The number of rotatable bonds is 6. The van der Waals surface area contributed by atoms with Crippen molar-refractivity contribution < 1.29 is 14.4 Å². The third kappa shape index (κ3) is 4.00. The van der Waals surface area contributed by atoms with Crippen LogP contribution in [-0.2, 0) is 9.59 Å². The molecule has 0 amide bonds. The van der Waals surface area contributed by atoms with Crippen molar-refractivity contribution in [2.75, 3.05) is 0 Å². The molecule has 0 spiro atoms. The zero-order chi connectivity index (χ0) is 11.1. The molecule has 0 radical (unpaired) electrons. The minimum Gasteiger partial charge on any atom is -0.361 e. The Morgan fingerprint density at radius 3 is 2.93 bits per heavy atom. The van der Waals surface area contributed by atoms with Crippen molar-refractivity contribution in [3.63, 3.8) is 0 Å². The molecular weight excluding hydrogens is 192 g/mol. The van der Waals surface area contributed by atoms with Crippen LogP contribution in [0, 0.1) is 0 Å². The van der Waals surface area contributed by atoms with Crippen molar-refractivity contribution >= 4 is 17.8 Å². The monoisotopic (exact) mass is 206 g/mol. The molecule has 0 aromatic heterocycles. The molecule has 4 nitrogen and oxygen atoms in total. The van der Waals surface area contributed by atoms with Crippen LogP contribution in [0.3, 0.4) is 0 Å². The quantitative estimate of drug-likeness (QED) is 0.287. The molecule has 1 aliphatic carbocycles. The maximum Gasteiger partial charge on any atom is 0.323 e. The predicted octanol–water partition coefficient (Wildman–Crippen LogP) is 1.71. The fourth-order valence-electron chi connectivity index (χ4n) is 1.64. The number of Topliss-reactive ketones (excluding diaryl/α,β-unsaturated/α-hetero) is 2. The van der Waals surface area contributed by atoms with E-state index in [4.69, 9.17) is 5.53 Å². The van der Waals surface area contributed by atoms with Crippen LogP contribution in [0.2, 0.25) is 0 Å². The summed E-state index contributed by atoms with van der Waals surface area (Å²) < 4.78 is 0. The molecule has 1 rings (SSSR count). The Kier molecular flexibility index (Phi) is 4.64. The molecule has 0 aromatic rings. The SMILES string of the molecule is [N-]=[N+]=CC(=O)CCCCC1=CCCC1=O. The van der Waals surface area contributed by atoms with E-state index in [1.165, 1.54) is 0 Å². The minimum atomic E-state index is -0.177. The topological polar surface area (TPSA) is 70.5 Å². The Morgan fingerprint density at radius 1 is 1.53 bits per heavy atom. The molecule has 0 saturated carbocycles. The first kappa shape index (κ1) is 11.5. The number of ketones is 2. The van der Waals surface area contributed by atoms with Gasteiger partial charge in [-0.3, -0.25) is 9.59 Å². The second-order valence-corrected chi connectivity index (χ2v) is 3.61. The van der Waals surface area contributed by atoms with E-state index in [9.17, 15) is 9.59 Å². The summed E-state index contributed by atoms with van der Waals surface area (Å²) in [5, 5.41) is 0. The summed E-state index contributed by atoms with van der Waals surface area (Å²) in [6, 6.07) is 0. The van der Waals surface area contributed by atoms with Crippen LogP contribution in [0.25, 0.3) is 5.53 Å². The van der Waals surface area contributed by atoms with Gasteiger partial charge in [-0.2, -0.15) is 4.79 Å². The number of nitrogens with zero attached hydrogens (tertiary/aromatic N) is 2. The summed E-state index contributed by atoms with van der Waals surface area (Å²) in [6.07, 6.45) is 7.13. The van der Waals surface area contributed by atoms with E-state index in [0.717, 1.165) is 37.5 Å². The van der Waals surface area contributed by atoms with Crippen molar-refractivity contribution in [1.82, 2.24) is 0 Å². The molecule has 0 aliphatic heterocycles. The molecule has 15 heavy (non-hydrogen) atoms. The standard InChI is InChI=1S/C11H14N2O2/c12-13-8-10(14)6-2-1-4-9-5-3-7-11(9)15/h5,8H,1-4,6-7H2. The van der Waals surface area contributed by atoms with Crippen molar-refractivity contribution in [2.24, 2.45) is 0 Å². The first-order valence-electron chi connectivity index (χ1n) is 5.16. The fraction of sp³-hybridized carbons (Fsp3) is 0.545. The van der Waals surface area contributed by atoms with Gasteiger partial charge >= 0.3 is 6.21 Å². The van der Waals surface area contributed by atoms with E-state index < -0.39 is 0 Å². The van der Waals surface area contributed by atoms with E-state index >= 15 is 0 Å². The largest absolute Gasteiger partial charge is 0.361 e. The van der Waals surface area contributed by atoms with Gasteiger partial charge in [-0.25, -0.2) is 0 Å². The first-order valence-corrected chi connectivity index (χ1v) is 5.16. The molecule has 0 heterocycles. The third-order valence-corrected chi connectivity index (χ3v) is 2.44. The zero-order valence-electron chi connectivity index (χ0n) is 8.61. The highest BCUT2D eigenvalue weighted by Crippen LogP contribution is 2.19. The Bertz CT molecular complexity index is 338. The van der Waals surface area contributed by atoms with Gasteiger partial charge in [0.05, 0.1) is 0 Å². The number of carbonyl (C=O) groups is 2. The normalized spacial score (nSPS) is 14.7. The van der Waals surface area contributed by atoms with Gasteiger partial charge in [-0.05, 0) is 31.3 Å². The van der Waals surface area contributed by atoms with Crippen LogP contribution in [0.1, 0.15) is 38.5 Å². The summed E-state index contributed by atoms with van der Waals surface area (Å²) in [5.74, 6) is 0.0717. The van der Waals surface area contributed by atoms with Crippen molar-refractivity contribution in [3.8, 4) is 0 Å². The second kappa shape index (κ2) is 6.04. The van der Waals surface area contributed by atoms with Crippen molar-refractivity contribution in [3.05, 3.63) is 17.2 Å². The Morgan fingerprint density at radius 2 is 2.33 bits per heavy atom. The Labute approximate surface area is 88.6 Å². The molecular formula is C11H14N2O2. The Balaban J connectivity index is 2.14. The summed E-state index contributed by atoms with van der Waals surface area (Å²) in [5.41, 5.74) is 9.01. The predicted molar refractivity (Wildman–Crippen MR) is 55.5 cm³/mol. The molecule has 0 bridgehead atoms. The highest BCUT2D eigenvalue weighted by Gasteiger charge is 2.14. The second-order valence-electron chi connectivity index (χ2n) is 3.61. The molecule has 4 heteroatoms. The number of allylic oxidation sites excluding steroid dienone is 2. The first-order chi connectivity index (χ1) is 7.24. The molecule has 0 N–H and O–H groups in total. The van der Waals surface area contributed by atoms with Gasteiger partial charge < -0.3 is 5.53 Å². The van der Waals surface area contributed by atoms with E-state index in [1.807, 2.05) is 6.08 Å². The lowest BCUT2D eigenvalue weighted by Gasteiger charge is -1.98. The average molecular weight is 206 g/mol. The van der Waals surface area contributed by atoms with Crippen molar-refractivity contribution in [1.29, 1.82) is 0 Å². The van der Waals surface area contributed by atoms with Crippen LogP contribution in [0.4, 0.5) is 0 Å². The van der Waals surface area contributed by atoms with Gasteiger partial charge in [0, 0.05) is 12.8 Å². The summed E-state index contributed by atoms with van der Waals surface area (Å²) in [6.45, 7) is 0. The lowest BCUT2D eigenvalue weighted by molar-refractivity contribution is -0.116. The highest BCUT2D eigenvalue weighted by molar-refractivity contribution is 6.25. The van der Waals surface area contributed by atoms with E-state index in [0.29, 0.717) is 12.8 Å². The molecule has 0 aromatic carbocycles. The van der Waals surface area contributed by atoms with Crippen LogP contribution in [0.15, 0.2) is 11.6 Å². The van der Waals surface area contributed by atoms with Gasteiger partial charge in [-0.1, -0.05) is 6.08 Å². The fourth-order valence-corrected chi connectivity index (χ4v) is 1.64. The van der Waals surface area contributed by atoms with Crippen LogP contribution >= 0.6 is 0 Å². The molecule has 1 aliphatic rings. The van der Waals surface area contributed by atoms with E-state index in [1.54, 1.807) is 0 Å². The van der Waals surface area contributed by atoms with E-state index in [2.05, 4.69) is 4.79 Å². The van der Waals surface area contributed by atoms with Crippen LogP contribution in [0.5, 0.6) is 0 Å². The smallest absolute Gasteiger partial charge is 0.323 e. The third-order valence-electron chi connectivity index (χ3n) is 2.44. The highest BCUT2D eigenvalue weighted by atomic mass is 16.1. The summed E-state index contributed by atoms with van der Waals surface area (Å²) >= 11 is 0. The van der Waals surface area contributed by atoms with Gasteiger partial charge in [0.2, 0.25) is 5.78 Å². The molecule has 0 fully saturated rings. The number of hydrogen-bond acceptors (Lipinski definition) is 2. The maximum atomic E-state index is 11.2. The van der Waals surface area contributed by atoms with Crippen LogP contribution < -0.4 is 0 Å². The lowest BCUT2D eigenvalue weighted by atomic mass is 10.1. The minimum absolute atomic E-state index is 0.177. The van der Waals surface area contributed by atoms with E-state index in [-0.39, 0.29) is 11.6 Å². The molecule has 0 saturated heterocycles. The molecule has 80 valence electrons. The molecule has 0 unspecified atom stereocenters. The number of carbonyl (C=O) groups excluding carboxylic acids is 2. The average Bonchev–Trinajstić information content (AvgIpc) is 2.60. The van der Waals surface area contributed by atoms with Crippen molar-refractivity contribution in [2.45, 2.75) is 38.5 Å². The maximum absolute atomic E-state index is 11.2. The van der Waals surface area contributed by atoms with Gasteiger partial charge in [-0.15, -0.1) is 0 Å². The van der Waals surface area contributed by atoms with Gasteiger partial charge in [0.1, 0.15) is 0 Å². The van der Waals surface area contributed by atoms with Crippen LogP contribution in [-0.4, -0.2) is 22.6 Å².